The molecule has 9 heteroatoms. The highest BCUT2D eigenvalue weighted by Gasteiger charge is 2.41. The van der Waals surface area contributed by atoms with E-state index in [0.717, 1.165) is 0 Å². The molecule has 1 aliphatic rings. The molecule has 146 valence electrons. The van der Waals surface area contributed by atoms with Crippen LogP contribution < -0.4 is 16.0 Å². The van der Waals surface area contributed by atoms with Gasteiger partial charge >= 0.3 is 12.0 Å². The van der Waals surface area contributed by atoms with Gasteiger partial charge in [-0.3, -0.25) is 14.9 Å². The van der Waals surface area contributed by atoms with Gasteiger partial charge < -0.3 is 15.4 Å². The third-order valence-corrected chi connectivity index (χ3v) is 5.17. The summed E-state index contributed by atoms with van der Waals surface area (Å²) >= 11 is 1.25. The Morgan fingerprint density at radius 3 is 2.59 bits per heavy atom. The fraction of sp³-hybridized carbons (Fsp3) is 0.444. The molecule has 0 bridgehead atoms. The summed E-state index contributed by atoms with van der Waals surface area (Å²) < 4.78 is 5.08. The number of carbonyl (C=O) groups excluding carboxylic acids is 4. The van der Waals surface area contributed by atoms with Crippen molar-refractivity contribution in [2.75, 3.05) is 18.9 Å². The van der Waals surface area contributed by atoms with Crippen LogP contribution in [0, 0.1) is 5.92 Å². The molecule has 4 amide bonds. The molecule has 0 saturated carbocycles. The van der Waals surface area contributed by atoms with Crippen molar-refractivity contribution in [3.8, 4) is 0 Å². The van der Waals surface area contributed by atoms with Crippen molar-refractivity contribution in [3.05, 3.63) is 29.8 Å². The SMILES string of the molecule is CC(C)CNC(=O)COC(=O)c1ccccc1SCC1(C)NC(=O)NC1=O. The van der Waals surface area contributed by atoms with Crippen molar-refractivity contribution < 1.29 is 23.9 Å². The van der Waals surface area contributed by atoms with E-state index in [4.69, 9.17) is 4.74 Å². The van der Waals surface area contributed by atoms with Gasteiger partial charge in [0.1, 0.15) is 5.54 Å². The number of nitrogens with one attached hydrogen (secondary N) is 3. The quantitative estimate of drug-likeness (QED) is 0.349. The largest absolute Gasteiger partial charge is 0.452 e. The van der Waals surface area contributed by atoms with Crippen molar-refractivity contribution in [1.82, 2.24) is 16.0 Å². The van der Waals surface area contributed by atoms with E-state index in [1.165, 1.54) is 11.8 Å². The lowest BCUT2D eigenvalue weighted by Gasteiger charge is -2.20. The van der Waals surface area contributed by atoms with Gasteiger partial charge in [0.15, 0.2) is 6.61 Å². The minimum absolute atomic E-state index is 0.240. The molecule has 1 saturated heterocycles. The second-order valence-corrected chi connectivity index (χ2v) is 7.82. The van der Waals surface area contributed by atoms with Crippen molar-refractivity contribution in [2.24, 2.45) is 5.92 Å². The molecule has 0 aliphatic carbocycles. The fourth-order valence-electron chi connectivity index (χ4n) is 2.24. The summed E-state index contributed by atoms with van der Waals surface area (Å²) in [5.41, 5.74) is -0.761. The van der Waals surface area contributed by atoms with Crippen LogP contribution in [0.5, 0.6) is 0 Å². The normalized spacial score (nSPS) is 18.8. The lowest BCUT2D eigenvalue weighted by atomic mass is 10.1. The number of urea groups is 1. The van der Waals surface area contributed by atoms with Crippen molar-refractivity contribution in [1.29, 1.82) is 0 Å². The average Bonchev–Trinajstić information content (AvgIpc) is 2.88. The summed E-state index contributed by atoms with van der Waals surface area (Å²) in [6, 6.07) is 6.21. The van der Waals surface area contributed by atoms with Gasteiger partial charge in [-0.25, -0.2) is 9.59 Å². The minimum Gasteiger partial charge on any atom is -0.452 e. The Labute approximate surface area is 161 Å². The number of ether oxygens (including phenoxy) is 1. The summed E-state index contributed by atoms with van der Waals surface area (Å²) in [4.78, 5) is 47.9. The molecule has 0 spiro atoms. The van der Waals surface area contributed by atoms with E-state index in [9.17, 15) is 19.2 Å². The highest BCUT2D eigenvalue weighted by Crippen LogP contribution is 2.28. The first-order valence-corrected chi connectivity index (χ1v) is 9.49. The number of thioether (sulfide) groups is 1. The molecular weight excluding hydrogens is 370 g/mol. The van der Waals surface area contributed by atoms with E-state index in [1.807, 2.05) is 13.8 Å². The number of carbonyl (C=O) groups is 4. The van der Waals surface area contributed by atoms with Crippen LogP contribution in [-0.2, 0) is 14.3 Å². The van der Waals surface area contributed by atoms with E-state index < -0.39 is 23.4 Å². The van der Waals surface area contributed by atoms with E-state index in [0.29, 0.717) is 22.9 Å². The molecule has 1 aromatic rings. The molecule has 1 atom stereocenters. The predicted molar refractivity (Wildman–Crippen MR) is 100 cm³/mol. The van der Waals surface area contributed by atoms with Gasteiger partial charge in [-0.1, -0.05) is 26.0 Å². The minimum atomic E-state index is -1.06. The van der Waals surface area contributed by atoms with Gasteiger partial charge in [0.05, 0.1) is 5.56 Å². The standard InChI is InChI=1S/C18H23N3O5S/c1-11(2)8-19-14(22)9-26-15(23)12-6-4-5-7-13(12)27-10-18(3)16(24)20-17(25)21-18/h4-7,11H,8-10H2,1-3H3,(H,19,22)(H2,20,21,24,25). The first-order valence-electron chi connectivity index (χ1n) is 8.50. The van der Waals surface area contributed by atoms with Crippen LogP contribution in [0.2, 0.25) is 0 Å². The number of hydrogen-bond acceptors (Lipinski definition) is 6. The van der Waals surface area contributed by atoms with E-state index in [2.05, 4.69) is 16.0 Å². The number of esters is 1. The summed E-state index contributed by atoms with van der Waals surface area (Å²) in [5.74, 6) is -0.856. The predicted octanol–water partition coefficient (Wildman–Crippen LogP) is 1.31. The van der Waals surface area contributed by atoms with Crippen molar-refractivity contribution in [3.63, 3.8) is 0 Å². The van der Waals surface area contributed by atoms with E-state index in [1.54, 1.807) is 31.2 Å². The molecule has 0 radical (unpaired) electrons. The third kappa shape index (κ3) is 5.72. The molecule has 1 aromatic carbocycles. The third-order valence-electron chi connectivity index (χ3n) is 3.78. The Morgan fingerprint density at radius 2 is 1.96 bits per heavy atom. The molecule has 1 fully saturated rings. The van der Waals surface area contributed by atoms with Crippen molar-refractivity contribution in [2.45, 2.75) is 31.2 Å². The van der Waals surface area contributed by atoms with Crippen LogP contribution in [0.15, 0.2) is 29.2 Å². The van der Waals surface area contributed by atoms with Crippen LogP contribution in [0.25, 0.3) is 0 Å². The first kappa shape index (κ1) is 20.8. The second-order valence-electron chi connectivity index (χ2n) is 6.80. The number of imide groups is 1. The first-order chi connectivity index (χ1) is 12.7. The molecule has 8 nitrogen and oxygen atoms in total. The van der Waals surface area contributed by atoms with Gasteiger partial charge in [-0.2, -0.15) is 0 Å². The van der Waals surface area contributed by atoms with E-state index >= 15 is 0 Å². The van der Waals surface area contributed by atoms with Gasteiger partial charge in [-0.15, -0.1) is 11.8 Å². The highest BCUT2D eigenvalue weighted by molar-refractivity contribution is 7.99. The lowest BCUT2D eigenvalue weighted by Crippen LogP contribution is -2.46. The molecule has 1 unspecified atom stereocenters. The Morgan fingerprint density at radius 1 is 1.26 bits per heavy atom. The fourth-order valence-corrected chi connectivity index (χ4v) is 3.37. The maximum atomic E-state index is 12.3. The van der Waals surface area contributed by atoms with Crippen molar-refractivity contribution >= 4 is 35.6 Å². The number of benzene rings is 1. The van der Waals surface area contributed by atoms with Gasteiger partial charge in [0, 0.05) is 17.2 Å². The maximum absolute atomic E-state index is 12.3. The Balaban J connectivity index is 1.96. The molecule has 3 N–H and O–H groups in total. The number of hydrogen-bond donors (Lipinski definition) is 3. The van der Waals surface area contributed by atoms with Gasteiger partial charge in [0.25, 0.3) is 11.8 Å². The summed E-state index contributed by atoms with van der Waals surface area (Å²) in [7, 11) is 0. The van der Waals surface area contributed by atoms with Crippen LogP contribution in [0.4, 0.5) is 4.79 Å². The summed E-state index contributed by atoms with van der Waals surface area (Å²) in [6.45, 7) is 5.69. The number of rotatable bonds is 8. The highest BCUT2D eigenvalue weighted by atomic mass is 32.2. The Hall–Kier alpha value is -2.55. The molecule has 27 heavy (non-hydrogen) atoms. The topological polar surface area (TPSA) is 114 Å². The Bertz CT molecular complexity index is 752. The lowest BCUT2D eigenvalue weighted by molar-refractivity contribution is -0.124. The van der Waals surface area contributed by atoms with E-state index in [-0.39, 0.29) is 18.3 Å². The van der Waals surface area contributed by atoms with Crippen LogP contribution in [-0.4, -0.2) is 48.3 Å². The van der Waals surface area contributed by atoms with Gasteiger partial charge in [-0.05, 0) is 25.0 Å². The number of amides is 4. The zero-order valence-corrected chi connectivity index (χ0v) is 16.3. The monoisotopic (exact) mass is 393 g/mol. The van der Waals surface area contributed by atoms with Crippen LogP contribution in [0.3, 0.4) is 0 Å². The molecule has 1 heterocycles. The Kier molecular flexibility index (Phi) is 6.84. The zero-order chi connectivity index (χ0) is 20.0. The van der Waals surface area contributed by atoms with Crippen LogP contribution in [0.1, 0.15) is 31.1 Å². The zero-order valence-electron chi connectivity index (χ0n) is 15.5. The smallest absolute Gasteiger partial charge is 0.339 e. The molecule has 2 rings (SSSR count). The van der Waals surface area contributed by atoms with Crippen LogP contribution >= 0.6 is 11.8 Å². The molecule has 1 aliphatic heterocycles. The summed E-state index contributed by atoms with van der Waals surface area (Å²) in [5, 5.41) is 7.44. The average molecular weight is 393 g/mol. The summed E-state index contributed by atoms with van der Waals surface area (Å²) in [6.07, 6.45) is 0. The molecular formula is C18H23N3O5S. The van der Waals surface area contributed by atoms with Gasteiger partial charge in [0.2, 0.25) is 0 Å². The molecule has 0 aromatic heterocycles. The maximum Gasteiger partial charge on any atom is 0.339 e. The second kappa shape index (κ2) is 8.90.